The average Bonchev–Trinajstić information content (AvgIpc) is 3.28. The number of aryl methyl sites for hydroxylation is 1. The van der Waals surface area contributed by atoms with E-state index in [1.54, 1.807) is 25.3 Å². The number of amides is 1. The highest BCUT2D eigenvalue weighted by Gasteiger charge is 2.21. The van der Waals surface area contributed by atoms with Crippen LogP contribution in [-0.4, -0.2) is 71.8 Å². The molecule has 10 nitrogen and oxygen atoms in total. The highest BCUT2D eigenvalue weighted by molar-refractivity contribution is 6.00. The van der Waals surface area contributed by atoms with Gasteiger partial charge in [0, 0.05) is 56.2 Å². The molecule has 4 heterocycles. The Kier molecular flexibility index (Phi) is 6.71. The molecular formula is C26H31N6O4+. The van der Waals surface area contributed by atoms with E-state index in [0.29, 0.717) is 54.4 Å². The molecule has 1 aromatic carbocycles. The summed E-state index contributed by atoms with van der Waals surface area (Å²) >= 11 is 0. The van der Waals surface area contributed by atoms with Gasteiger partial charge in [-0.3, -0.25) is 14.5 Å². The summed E-state index contributed by atoms with van der Waals surface area (Å²) < 4.78 is 12.8. The molecule has 3 N–H and O–H groups in total. The number of methoxy groups -OCH3 is 1. The van der Waals surface area contributed by atoms with Crippen molar-refractivity contribution in [3.8, 4) is 16.9 Å². The molecule has 0 unspecified atom stereocenters. The first-order valence-corrected chi connectivity index (χ1v) is 12.2. The van der Waals surface area contributed by atoms with Crippen molar-refractivity contribution in [1.29, 1.82) is 0 Å². The highest BCUT2D eigenvalue weighted by Crippen LogP contribution is 2.28. The minimum atomic E-state index is -0.214. The Bertz CT molecular complexity index is 1490. The summed E-state index contributed by atoms with van der Waals surface area (Å²) in [4.78, 5) is 40.0. The van der Waals surface area contributed by atoms with E-state index in [1.165, 1.54) is 0 Å². The second-order valence-corrected chi connectivity index (χ2v) is 8.92. The first-order chi connectivity index (χ1) is 17.5. The van der Waals surface area contributed by atoms with Gasteiger partial charge in [-0.25, -0.2) is 4.98 Å². The Labute approximate surface area is 208 Å². The Morgan fingerprint density at radius 2 is 2.03 bits per heavy atom. The number of hydrogen-bond donors (Lipinski definition) is 2. The second-order valence-electron chi connectivity index (χ2n) is 8.92. The summed E-state index contributed by atoms with van der Waals surface area (Å²) in [6, 6.07) is 7.08. The fourth-order valence-electron chi connectivity index (χ4n) is 4.74. The molecule has 1 saturated heterocycles. The molecular weight excluding hydrogens is 460 g/mol. The van der Waals surface area contributed by atoms with Gasteiger partial charge in [-0.1, -0.05) is 0 Å². The number of nitrogens with zero attached hydrogens (tertiary/aromatic N) is 3. The molecule has 0 radical (unpaired) electrons. The number of rotatable bonds is 7. The van der Waals surface area contributed by atoms with Crippen LogP contribution in [0.2, 0.25) is 0 Å². The maximum atomic E-state index is 14.0. The van der Waals surface area contributed by atoms with Gasteiger partial charge in [-0.05, 0) is 41.7 Å². The van der Waals surface area contributed by atoms with Crippen molar-refractivity contribution in [2.75, 3.05) is 46.5 Å². The van der Waals surface area contributed by atoms with E-state index in [0.717, 1.165) is 41.9 Å². The minimum absolute atomic E-state index is 0.134. The number of imidazole rings is 1. The lowest BCUT2D eigenvalue weighted by atomic mass is 10.0. The quantitative estimate of drug-likeness (QED) is 0.407. The standard InChI is InChI=1S/C26H30N6O4/c1-4-27-25(33)18-11-17(12-20(13-18)35-3)21-14-19-15-28-24-22(29-16(2)30-24)23(19)32(26(21)34)6-5-31-7-9-36-10-8-31/h11-15H,4-10H2,1-3H3,(H,27,33)(H,28,29,30)/p+1. The first kappa shape index (κ1) is 24.0. The maximum Gasteiger partial charge on any atom is 0.348 e. The lowest BCUT2D eigenvalue weighted by Gasteiger charge is -2.27. The van der Waals surface area contributed by atoms with Crippen LogP contribution in [0.4, 0.5) is 0 Å². The van der Waals surface area contributed by atoms with Crippen LogP contribution in [0.5, 0.6) is 5.75 Å². The van der Waals surface area contributed by atoms with Crippen molar-refractivity contribution in [3.05, 3.63) is 52.2 Å². The molecule has 10 heteroatoms. The smallest absolute Gasteiger partial charge is 0.348 e. The molecule has 0 aliphatic carbocycles. The van der Waals surface area contributed by atoms with Crippen molar-refractivity contribution < 1.29 is 19.3 Å². The van der Waals surface area contributed by atoms with Crippen LogP contribution in [-0.2, 0) is 11.3 Å². The van der Waals surface area contributed by atoms with Crippen LogP contribution in [0.3, 0.4) is 0 Å². The van der Waals surface area contributed by atoms with Crippen LogP contribution in [0, 0.1) is 6.92 Å². The third-order valence-corrected chi connectivity index (χ3v) is 6.54. The third-order valence-electron chi connectivity index (χ3n) is 6.54. The van der Waals surface area contributed by atoms with Crippen molar-refractivity contribution in [3.63, 3.8) is 0 Å². The molecule has 3 aromatic heterocycles. The monoisotopic (exact) mass is 491 g/mol. The Hall–Kier alpha value is -3.76. The predicted octanol–water partition coefficient (Wildman–Crippen LogP) is 1.76. The molecule has 0 saturated carbocycles. The average molecular weight is 492 g/mol. The molecule has 0 atom stereocenters. The highest BCUT2D eigenvalue weighted by atomic mass is 16.5. The summed E-state index contributed by atoms with van der Waals surface area (Å²) in [6.07, 6.45) is 1.87. The van der Waals surface area contributed by atoms with E-state index >= 15 is 0 Å². The molecule has 36 heavy (non-hydrogen) atoms. The van der Waals surface area contributed by atoms with Gasteiger partial charge in [0.2, 0.25) is 5.82 Å². The van der Waals surface area contributed by atoms with Crippen molar-refractivity contribution in [2.24, 2.45) is 0 Å². The van der Waals surface area contributed by atoms with Gasteiger partial charge >= 0.3 is 5.65 Å². The van der Waals surface area contributed by atoms with Crippen LogP contribution >= 0.6 is 0 Å². The maximum absolute atomic E-state index is 14.0. The van der Waals surface area contributed by atoms with E-state index in [9.17, 15) is 9.59 Å². The molecule has 0 spiro atoms. The van der Waals surface area contributed by atoms with Crippen LogP contribution in [0.1, 0.15) is 23.1 Å². The number of carbonyl (C=O) groups is 1. The lowest BCUT2D eigenvalue weighted by Crippen LogP contribution is -2.39. The fourth-order valence-corrected chi connectivity index (χ4v) is 4.74. The molecule has 188 valence electrons. The van der Waals surface area contributed by atoms with Gasteiger partial charge in [0.1, 0.15) is 5.75 Å². The van der Waals surface area contributed by atoms with Gasteiger partial charge < -0.3 is 24.3 Å². The van der Waals surface area contributed by atoms with E-state index in [-0.39, 0.29) is 11.5 Å². The molecule has 1 fully saturated rings. The SMILES string of the molecule is CCNC(=O)c1cc(OC)cc(-c2cc3c[nH+]c4nc(C)[nH]c4c3n(CCN3CCOCC3)c2=O)c1. The second kappa shape index (κ2) is 10.1. The van der Waals surface area contributed by atoms with Gasteiger partial charge in [-0.2, -0.15) is 0 Å². The van der Waals surface area contributed by atoms with Gasteiger partial charge in [-0.15, -0.1) is 0 Å². The Morgan fingerprint density at radius 1 is 1.22 bits per heavy atom. The lowest BCUT2D eigenvalue weighted by molar-refractivity contribution is -0.345. The molecule has 1 amide bonds. The first-order valence-electron chi connectivity index (χ1n) is 12.2. The molecule has 4 aromatic rings. The van der Waals surface area contributed by atoms with Crippen molar-refractivity contribution in [2.45, 2.75) is 20.4 Å². The van der Waals surface area contributed by atoms with Crippen LogP contribution < -0.4 is 20.6 Å². The number of aromatic amines is 2. The number of carbonyl (C=O) groups excluding carboxylic acids is 1. The Morgan fingerprint density at radius 3 is 2.78 bits per heavy atom. The fraction of sp³-hybridized carbons (Fsp3) is 0.385. The molecule has 0 bridgehead atoms. The summed E-state index contributed by atoms with van der Waals surface area (Å²) in [6.45, 7) is 8.56. The van der Waals surface area contributed by atoms with Crippen LogP contribution in [0.15, 0.2) is 35.3 Å². The molecule has 1 aliphatic rings. The third kappa shape index (κ3) is 4.57. The summed E-state index contributed by atoms with van der Waals surface area (Å²) in [5, 5.41) is 3.68. The molecule has 1 aliphatic heterocycles. The van der Waals surface area contributed by atoms with E-state index in [2.05, 4.69) is 25.2 Å². The minimum Gasteiger partial charge on any atom is -0.497 e. The number of pyridine rings is 2. The predicted molar refractivity (Wildman–Crippen MR) is 136 cm³/mol. The largest absolute Gasteiger partial charge is 0.497 e. The summed E-state index contributed by atoms with van der Waals surface area (Å²) in [5.74, 6) is 1.07. The van der Waals surface area contributed by atoms with Gasteiger partial charge in [0.25, 0.3) is 11.5 Å². The van der Waals surface area contributed by atoms with Crippen LogP contribution in [0.25, 0.3) is 33.2 Å². The number of aromatic nitrogens is 4. The molecule has 5 rings (SSSR count). The van der Waals surface area contributed by atoms with Crippen molar-refractivity contribution in [1.82, 2.24) is 24.8 Å². The number of fused-ring (bicyclic) bond motifs is 3. The summed E-state index contributed by atoms with van der Waals surface area (Å²) in [5.41, 5.74) is 3.73. The topological polar surface area (TPSA) is 116 Å². The number of nitrogens with one attached hydrogen (secondary N) is 3. The zero-order valence-electron chi connectivity index (χ0n) is 20.8. The normalized spacial score (nSPS) is 14.4. The van der Waals surface area contributed by atoms with Crippen molar-refractivity contribution >= 4 is 28.0 Å². The summed E-state index contributed by atoms with van der Waals surface area (Å²) in [7, 11) is 1.55. The number of benzene rings is 1. The number of hydrogen-bond acceptors (Lipinski definition) is 6. The Balaban J connectivity index is 1.69. The zero-order chi connectivity index (χ0) is 25.2. The van der Waals surface area contributed by atoms with E-state index in [4.69, 9.17) is 9.47 Å². The number of H-pyrrole nitrogens is 2. The van der Waals surface area contributed by atoms with E-state index < -0.39 is 0 Å². The number of ether oxygens (including phenoxy) is 2. The van der Waals surface area contributed by atoms with Gasteiger partial charge in [0.05, 0.1) is 32.0 Å². The van der Waals surface area contributed by atoms with Gasteiger partial charge in [0.15, 0.2) is 5.52 Å². The zero-order valence-corrected chi connectivity index (χ0v) is 20.8. The van der Waals surface area contributed by atoms with E-state index in [1.807, 2.05) is 30.7 Å². The number of morpholine rings is 1.